The molecule has 10 aromatic carbocycles. The molecule has 0 amide bonds. The van der Waals surface area contributed by atoms with E-state index < -0.39 is 0 Å². The number of fused-ring (bicyclic) bond motifs is 4. The van der Waals surface area contributed by atoms with Gasteiger partial charge in [0.1, 0.15) is 0 Å². The van der Waals surface area contributed by atoms with Crippen molar-refractivity contribution in [2.75, 3.05) is 19.6 Å². The summed E-state index contributed by atoms with van der Waals surface area (Å²) in [5, 5.41) is 21.0. The zero-order valence-electron chi connectivity index (χ0n) is 39.7. The highest BCUT2D eigenvalue weighted by Crippen LogP contribution is 2.57. The van der Waals surface area contributed by atoms with Crippen molar-refractivity contribution in [3.05, 3.63) is 260 Å². The third-order valence-corrected chi connectivity index (χ3v) is 13.6. The SMILES string of the molecule is N#Cc1ccc(-c2nc(-c3ccccc3)nc(-c3cc(-c4ccccc4C#N)ccc3N3c4ccccc4N(c4ccccc4)c4ccccc43)n2)c(N2c3ccccc3N(c3ccccc3)c3ccccc32)c1. The van der Waals surface area contributed by atoms with Crippen molar-refractivity contribution in [2.24, 2.45) is 0 Å². The summed E-state index contributed by atoms with van der Waals surface area (Å²) in [5.41, 5.74) is 16.2. The van der Waals surface area contributed by atoms with Crippen molar-refractivity contribution in [3.63, 3.8) is 0 Å². The number of benzene rings is 10. The summed E-state index contributed by atoms with van der Waals surface area (Å²) in [6.45, 7) is 0. The third kappa shape index (κ3) is 7.36. The average Bonchev–Trinajstić information content (AvgIpc) is 3.48. The number of nitrogens with zero attached hydrogens (tertiary/aromatic N) is 9. The van der Waals surface area contributed by atoms with Gasteiger partial charge in [-0.1, -0.05) is 140 Å². The summed E-state index contributed by atoms with van der Waals surface area (Å²) in [7, 11) is 0. The maximum absolute atomic E-state index is 10.6. The van der Waals surface area contributed by atoms with Crippen LogP contribution in [-0.4, -0.2) is 15.0 Å². The number of hydrogen-bond donors (Lipinski definition) is 0. The summed E-state index contributed by atoms with van der Waals surface area (Å²) in [5.74, 6) is 1.31. The van der Waals surface area contributed by atoms with E-state index in [-0.39, 0.29) is 0 Å². The smallest absolute Gasteiger partial charge is 0.166 e. The normalized spacial score (nSPS) is 12.2. The average molecular weight is 948 g/mol. The molecule has 0 atom stereocenters. The van der Waals surface area contributed by atoms with Gasteiger partial charge in [0, 0.05) is 28.1 Å². The molecule has 13 rings (SSSR count). The van der Waals surface area contributed by atoms with E-state index in [1.165, 1.54) is 0 Å². The highest BCUT2D eigenvalue weighted by Gasteiger charge is 2.34. The lowest BCUT2D eigenvalue weighted by Crippen LogP contribution is -2.24. The molecule has 11 aromatic rings. The molecule has 9 nitrogen and oxygen atoms in total. The number of hydrogen-bond acceptors (Lipinski definition) is 9. The second-order valence-corrected chi connectivity index (χ2v) is 17.9. The lowest BCUT2D eigenvalue weighted by Gasteiger charge is -2.41. The van der Waals surface area contributed by atoms with Crippen LogP contribution in [0.3, 0.4) is 0 Å². The Morgan fingerprint density at radius 3 is 1.19 bits per heavy atom. The van der Waals surface area contributed by atoms with Gasteiger partial charge < -0.3 is 19.6 Å². The van der Waals surface area contributed by atoms with Crippen LogP contribution in [0.5, 0.6) is 0 Å². The zero-order valence-corrected chi connectivity index (χ0v) is 39.7. The maximum Gasteiger partial charge on any atom is 0.166 e. The van der Waals surface area contributed by atoms with E-state index in [1.807, 2.05) is 97.1 Å². The van der Waals surface area contributed by atoms with Crippen LogP contribution in [0.1, 0.15) is 11.1 Å². The van der Waals surface area contributed by atoms with Crippen LogP contribution in [0.25, 0.3) is 45.3 Å². The molecule has 74 heavy (non-hydrogen) atoms. The molecule has 3 heterocycles. The van der Waals surface area contributed by atoms with Crippen molar-refractivity contribution in [1.82, 2.24) is 15.0 Å². The van der Waals surface area contributed by atoms with Gasteiger partial charge in [-0.3, -0.25) is 0 Å². The first kappa shape index (κ1) is 43.4. The Hall–Kier alpha value is -10.6. The quantitative estimate of drug-likeness (QED) is 0.147. The van der Waals surface area contributed by atoms with Crippen LogP contribution >= 0.6 is 0 Å². The fourth-order valence-electron chi connectivity index (χ4n) is 10.3. The van der Waals surface area contributed by atoms with E-state index in [2.05, 4.69) is 183 Å². The lowest BCUT2D eigenvalue weighted by molar-refractivity contribution is 1.07. The van der Waals surface area contributed by atoms with Gasteiger partial charge in [-0.2, -0.15) is 10.5 Å². The van der Waals surface area contributed by atoms with Gasteiger partial charge >= 0.3 is 0 Å². The Labute approximate surface area is 428 Å². The largest absolute Gasteiger partial charge is 0.306 e. The van der Waals surface area contributed by atoms with Crippen LogP contribution in [0.2, 0.25) is 0 Å². The molecule has 0 aliphatic carbocycles. The molecular formula is C65H41N9. The first-order chi connectivity index (χ1) is 36.6. The summed E-state index contributed by atoms with van der Waals surface area (Å²) in [6, 6.07) is 88.8. The van der Waals surface area contributed by atoms with Crippen molar-refractivity contribution in [2.45, 2.75) is 0 Å². The van der Waals surface area contributed by atoms with E-state index >= 15 is 0 Å². The predicted octanol–water partition coefficient (Wildman–Crippen LogP) is 16.8. The second kappa shape index (κ2) is 18.3. The molecule has 346 valence electrons. The molecule has 2 aliphatic heterocycles. The minimum Gasteiger partial charge on any atom is -0.306 e. The molecule has 0 fully saturated rings. The summed E-state index contributed by atoms with van der Waals surface area (Å²) in [4.78, 5) is 25.4. The van der Waals surface area contributed by atoms with E-state index in [1.54, 1.807) is 0 Å². The van der Waals surface area contributed by atoms with E-state index in [0.29, 0.717) is 34.2 Å². The molecule has 9 heteroatoms. The minimum absolute atomic E-state index is 0.414. The van der Waals surface area contributed by atoms with Gasteiger partial charge in [-0.15, -0.1) is 0 Å². The van der Waals surface area contributed by atoms with Crippen molar-refractivity contribution < 1.29 is 0 Å². The zero-order chi connectivity index (χ0) is 49.5. The van der Waals surface area contributed by atoms with Crippen molar-refractivity contribution in [1.29, 1.82) is 10.5 Å². The van der Waals surface area contributed by atoms with E-state index in [0.717, 1.165) is 90.5 Å². The second-order valence-electron chi connectivity index (χ2n) is 17.9. The Bertz CT molecular complexity index is 3940. The molecule has 0 saturated heterocycles. The molecular weight excluding hydrogens is 907 g/mol. The number of rotatable bonds is 8. The minimum atomic E-state index is 0.414. The molecule has 0 saturated carbocycles. The van der Waals surface area contributed by atoms with Crippen LogP contribution in [-0.2, 0) is 0 Å². The van der Waals surface area contributed by atoms with Crippen LogP contribution in [0.15, 0.2) is 249 Å². The summed E-state index contributed by atoms with van der Waals surface area (Å²) in [6.07, 6.45) is 0. The summed E-state index contributed by atoms with van der Waals surface area (Å²) >= 11 is 0. The van der Waals surface area contributed by atoms with Gasteiger partial charge in [0.25, 0.3) is 0 Å². The first-order valence-corrected chi connectivity index (χ1v) is 24.3. The highest BCUT2D eigenvalue weighted by molar-refractivity contribution is 6.05. The Balaban J connectivity index is 1.07. The predicted molar refractivity (Wildman–Crippen MR) is 297 cm³/mol. The molecule has 0 unspecified atom stereocenters. The van der Waals surface area contributed by atoms with E-state index in [9.17, 15) is 10.5 Å². The first-order valence-electron chi connectivity index (χ1n) is 24.3. The van der Waals surface area contributed by atoms with Crippen molar-refractivity contribution >= 4 is 68.2 Å². The van der Waals surface area contributed by atoms with Gasteiger partial charge in [0.15, 0.2) is 17.5 Å². The number of para-hydroxylation sites is 10. The van der Waals surface area contributed by atoms with Gasteiger partial charge in [0.05, 0.1) is 80.1 Å². The molecule has 0 radical (unpaired) electrons. The van der Waals surface area contributed by atoms with Gasteiger partial charge in [-0.05, 0) is 120 Å². The number of nitriles is 2. The Kier molecular flexibility index (Phi) is 10.7. The Morgan fingerprint density at radius 1 is 0.270 bits per heavy atom. The molecule has 0 bridgehead atoms. The lowest BCUT2D eigenvalue weighted by atomic mass is 9.96. The van der Waals surface area contributed by atoms with Gasteiger partial charge in [0.2, 0.25) is 0 Å². The fourth-order valence-corrected chi connectivity index (χ4v) is 10.3. The summed E-state index contributed by atoms with van der Waals surface area (Å²) < 4.78 is 0. The standard InChI is InChI=1S/C65H41N9/c66-42-44-36-38-51(62(40-44)74-60-34-18-14-30-56(60)72(49-25-8-3-9-26-49)57-31-15-19-35-61(57)74)64-68-63(45-20-4-1-5-21-45)69-65(70-64)52-41-46(50-27-11-10-22-47(50)43-67)37-39-53(52)73-58-32-16-12-28-54(58)71(48-23-6-2-7-24-48)55-29-13-17-33-59(55)73/h1-41H. The van der Waals surface area contributed by atoms with Crippen LogP contribution in [0, 0.1) is 22.7 Å². The topological polar surface area (TPSA) is 99.2 Å². The van der Waals surface area contributed by atoms with Crippen LogP contribution < -0.4 is 19.6 Å². The van der Waals surface area contributed by atoms with Crippen molar-refractivity contribution in [3.8, 4) is 57.4 Å². The molecule has 0 N–H and O–H groups in total. The molecule has 0 spiro atoms. The monoisotopic (exact) mass is 947 g/mol. The number of anilines is 12. The van der Waals surface area contributed by atoms with Crippen LogP contribution in [0.4, 0.5) is 68.2 Å². The Morgan fingerprint density at radius 2 is 0.689 bits per heavy atom. The number of aromatic nitrogens is 3. The molecule has 2 aliphatic rings. The van der Waals surface area contributed by atoms with E-state index in [4.69, 9.17) is 15.0 Å². The maximum atomic E-state index is 10.6. The van der Waals surface area contributed by atoms with Gasteiger partial charge in [-0.25, -0.2) is 15.0 Å². The fraction of sp³-hybridized carbons (Fsp3) is 0. The highest BCUT2D eigenvalue weighted by atomic mass is 15.3. The third-order valence-electron chi connectivity index (χ3n) is 13.6. The molecule has 1 aromatic heterocycles.